The molecule has 1 aromatic carbocycles. The molecule has 0 saturated carbocycles. The molecule has 1 N–H and O–H groups in total. The van der Waals surface area contributed by atoms with Crippen molar-refractivity contribution in [2.45, 2.75) is 25.8 Å². The fraction of sp³-hybridized carbons (Fsp3) is 0.500. The Bertz CT molecular complexity index is 509. The lowest BCUT2D eigenvalue weighted by Crippen LogP contribution is -2.45. The van der Waals surface area contributed by atoms with Gasteiger partial charge < -0.3 is 14.8 Å². The second kappa shape index (κ2) is 7.22. The normalized spacial score (nSPS) is 19.0. The summed E-state index contributed by atoms with van der Waals surface area (Å²) < 4.78 is 10.0. The van der Waals surface area contributed by atoms with Gasteiger partial charge in [0.25, 0.3) is 0 Å². The number of ether oxygens (including phenoxy) is 2. The molecule has 0 spiro atoms. The van der Waals surface area contributed by atoms with Gasteiger partial charge in [-0.05, 0) is 24.5 Å². The van der Waals surface area contributed by atoms with Crippen LogP contribution < -0.4 is 5.32 Å². The number of benzene rings is 1. The van der Waals surface area contributed by atoms with Crippen LogP contribution in [0.25, 0.3) is 0 Å². The van der Waals surface area contributed by atoms with Crippen molar-refractivity contribution >= 4 is 11.9 Å². The fourth-order valence-corrected chi connectivity index (χ4v) is 2.43. The predicted octanol–water partition coefficient (Wildman–Crippen LogP) is 1.23. The second-order valence-corrected chi connectivity index (χ2v) is 5.28. The predicted molar refractivity (Wildman–Crippen MR) is 77.8 cm³/mol. The van der Waals surface area contributed by atoms with Gasteiger partial charge in [-0.25, -0.2) is 4.79 Å². The average Bonchev–Trinajstić information content (AvgIpc) is 3.02. The largest absolute Gasteiger partial charge is 0.467 e. The molecule has 5 nitrogen and oxygen atoms in total. The third kappa shape index (κ3) is 4.04. The summed E-state index contributed by atoms with van der Waals surface area (Å²) in [6.45, 7) is 3.00. The van der Waals surface area contributed by atoms with Gasteiger partial charge in [0, 0.05) is 13.0 Å². The van der Waals surface area contributed by atoms with Crippen molar-refractivity contribution in [1.82, 2.24) is 5.32 Å². The zero-order valence-corrected chi connectivity index (χ0v) is 12.4. The van der Waals surface area contributed by atoms with Gasteiger partial charge in [-0.3, -0.25) is 4.79 Å². The molecule has 1 aromatic rings. The lowest BCUT2D eigenvalue weighted by atomic mass is 10.00. The molecule has 2 atom stereocenters. The molecule has 1 aliphatic heterocycles. The van der Waals surface area contributed by atoms with Crippen molar-refractivity contribution in [3.63, 3.8) is 0 Å². The highest BCUT2D eigenvalue weighted by atomic mass is 16.5. The van der Waals surface area contributed by atoms with E-state index < -0.39 is 12.0 Å². The van der Waals surface area contributed by atoms with Gasteiger partial charge in [-0.15, -0.1) is 0 Å². The zero-order chi connectivity index (χ0) is 15.2. The fourth-order valence-electron chi connectivity index (χ4n) is 2.43. The molecule has 1 fully saturated rings. The van der Waals surface area contributed by atoms with E-state index in [1.807, 2.05) is 31.2 Å². The van der Waals surface area contributed by atoms with E-state index >= 15 is 0 Å². The number of methoxy groups -OCH3 is 1. The summed E-state index contributed by atoms with van der Waals surface area (Å²) in [6.07, 6.45) is 1.13. The van der Waals surface area contributed by atoms with E-state index in [9.17, 15) is 9.59 Å². The first kappa shape index (κ1) is 15.5. The van der Waals surface area contributed by atoms with Crippen LogP contribution in [0.4, 0.5) is 0 Å². The summed E-state index contributed by atoms with van der Waals surface area (Å²) in [6, 6.07) is 7.14. The Morgan fingerprint density at radius 2 is 2.19 bits per heavy atom. The minimum Gasteiger partial charge on any atom is -0.467 e. The Kier molecular flexibility index (Phi) is 5.33. The van der Waals surface area contributed by atoms with Crippen molar-refractivity contribution in [1.29, 1.82) is 0 Å². The summed E-state index contributed by atoms with van der Waals surface area (Å²) in [5.41, 5.74) is 2.11. The molecule has 114 valence electrons. The van der Waals surface area contributed by atoms with Crippen molar-refractivity contribution in [2.24, 2.45) is 5.92 Å². The highest BCUT2D eigenvalue weighted by Gasteiger charge is 2.28. The van der Waals surface area contributed by atoms with Crippen LogP contribution >= 0.6 is 0 Å². The first-order chi connectivity index (χ1) is 10.1. The van der Waals surface area contributed by atoms with Gasteiger partial charge in [-0.2, -0.15) is 0 Å². The van der Waals surface area contributed by atoms with E-state index in [2.05, 4.69) is 5.32 Å². The number of carbonyl (C=O) groups is 2. The maximum absolute atomic E-state index is 12.2. The lowest BCUT2D eigenvalue weighted by molar-refractivity contribution is -0.145. The standard InChI is InChI=1S/C16H21NO4/c1-11-5-3-4-6-12(11)9-14(16(19)20-2)17-15(18)13-7-8-21-10-13/h3-6,13-14H,7-10H2,1-2H3,(H,17,18)/t13-,14-/m1/s1. The molecule has 21 heavy (non-hydrogen) atoms. The number of hydrogen-bond acceptors (Lipinski definition) is 4. The van der Waals surface area contributed by atoms with Crippen LogP contribution in [0.2, 0.25) is 0 Å². The molecule has 1 aliphatic rings. The Morgan fingerprint density at radius 1 is 1.43 bits per heavy atom. The highest BCUT2D eigenvalue weighted by molar-refractivity contribution is 5.86. The lowest BCUT2D eigenvalue weighted by Gasteiger charge is -2.19. The Morgan fingerprint density at radius 3 is 2.81 bits per heavy atom. The molecule has 0 aliphatic carbocycles. The summed E-state index contributed by atoms with van der Waals surface area (Å²) in [5.74, 6) is -0.740. The van der Waals surface area contributed by atoms with Gasteiger partial charge >= 0.3 is 5.97 Å². The van der Waals surface area contributed by atoms with Crippen molar-refractivity contribution in [2.75, 3.05) is 20.3 Å². The third-order valence-electron chi connectivity index (χ3n) is 3.79. The van der Waals surface area contributed by atoms with Gasteiger partial charge in [0.15, 0.2) is 0 Å². The maximum atomic E-state index is 12.2. The SMILES string of the molecule is COC(=O)[C@@H](Cc1ccccc1C)NC(=O)[C@@H]1CCOC1. The van der Waals surface area contributed by atoms with E-state index in [0.717, 1.165) is 11.1 Å². The molecule has 1 amide bonds. The van der Waals surface area contributed by atoms with Crippen LogP contribution in [-0.4, -0.2) is 38.2 Å². The van der Waals surface area contributed by atoms with Crippen LogP contribution in [0, 0.1) is 12.8 Å². The highest BCUT2D eigenvalue weighted by Crippen LogP contribution is 2.14. The number of amides is 1. The van der Waals surface area contributed by atoms with E-state index in [1.165, 1.54) is 7.11 Å². The van der Waals surface area contributed by atoms with Crippen molar-refractivity contribution in [3.8, 4) is 0 Å². The Labute approximate surface area is 124 Å². The minimum absolute atomic E-state index is 0.142. The molecule has 1 saturated heterocycles. The summed E-state index contributed by atoms with van der Waals surface area (Å²) in [4.78, 5) is 24.1. The topological polar surface area (TPSA) is 64.6 Å². The summed E-state index contributed by atoms with van der Waals surface area (Å²) >= 11 is 0. The maximum Gasteiger partial charge on any atom is 0.328 e. The molecule has 2 rings (SSSR count). The number of esters is 1. The molecular weight excluding hydrogens is 270 g/mol. The van der Waals surface area contributed by atoms with Crippen molar-refractivity contribution < 1.29 is 19.1 Å². The van der Waals surface area contributed by atoms with Crippen LogP contribution in [0.3, 0.4) is 0 Å². The number of hydrogen-bond donors (Lipinski definition) is 1. The number of nitrogens with one attached hydrogen (secondary N) is 1. The quantitative estimate of drug-likeness (QED) is 0.829. The van der Waals surface area contributed by atoms with Crippen LogP contribution in [0.15, 0.2) is 24.3 Å². The van der Waals surface area contributed by atoms with Crippen LogP contribution in [-0.2, 0) is 25.5 Å². The van der Waals surface area contributed by atoms with E-state index in [4.69, 9.17) is 9.47 Å². The number of carbonyl (C=O) groups excluding carboxylic acids is 2. The number of aryl methyl sites for hydroxylation is 1. The zero-order valence-electron chi connectivity index (χ0n) is 12.4. The van der Waals surface area contributed by atoms with Gasteiger partial charge in [0.1, 0.15) is 6.04 Å². The van der Waals surface area contributed by atoms with E-state index in [0.29, 0.717) is 26.1 Å². The van der Waals surface area contributed by atoms with Crippen LogP contribution in [0.5, 0.6) is 0 Å². The van der Waals surface area contributed by atoms with Crippen molar-refractivity contribution in [3.05, 3.63) is 35.4 Å². The molecule has 0 bridgehead atoms. The van der Waals surface area contributed by atoms with Gasteiger partial charge in [0.05, 0.1) is 19.6 Å². The first-order valence-corrected chi connectivity index (χ1v) is 7.12. The monoisotopic (exact) mass is 291 g/mol. The average molecular weight is 291 g/mol. The van der Waals surface area contributed by atoms with Gasteiger partial charge in [0.2, 0.25) is 5.91 Å². The van der Waals surface area contributed by atoms with Crippen LogP contribution in [0.1, 0.15) is 17.5 Å². The smallest absolute Gasteiger partial charge is 0.328 e. The first-order valence-electron chi connectivity index (χ1n) is 7.12. The Balaban J connectivity index is 2.06. The minimum atomic E-state index is -0.663. The molecule has 0 aromatic heterocycles. The van der Waals surface area contributed by atoms with Gasteiger partial charge in [-0.1, -0.05) is 24.3 Å². The van der Waals surface area contributed by atoms with E-state index in [1.54, 1.807) is 0 Å². The van der Waals surface area contributed by atoms with E-state index in [-0.39, 0.29) is 11.8 Å². The molecule has 0 unspecified atom stereocenters. The number of rotatable bonds is 5. The Hall–Kier alpha value is -1.88. The summed E-state index contributed by atoms with van der Waals surface area (Å²) in [5, 5.41) is 2.79. The summed E-state index contributed by atoms with van der Waals surface area (Å²) in [7, 11) is 1.33. The molecule has 0 radical (unpaired) electrons. The molecule has 1 heterocycles. The molecular formula is C16H21NO4. The molecule has 5 heteroatoms. The second-order valence-electron chi connectivity index (χ2n) is 5.28. The third-order valence-corrected chi connectivity index (χ3v) is 3.79.